The van der Waals surface area contributed by atoms with Gasteiger partial charge in [-0.05, 0) is 30.7 Å². The number of benzene rings is 1. The summed E-state index contributed by atoms with van der Waals surface area (Å²) < 4.78 is 0. The summed E-state index contributed by atoms with van der Waals surface area (Å²) in [5.74, 6) is 7.19. The van der Waals surface area contributed by atoms with E-state index in [4.69, 9.17) is 5.84 Å². The second-order valence-corrected chi connectivity index (χ2v) is 5.87. The van der Waals surface area contributed by atoms with Crippen molar-refractivity contribution in [2.24, 2.45) is 11.8 Å². The van der Waals surface area contributed by atoms with Gasteiger partial charge in [0.1, 0.15) is 0 Å². The van der Waals surface area contributed by atoms with Crippen LogP contribution in [0.4, 0.5) is 0 Å². The van der Waals surface area contributed by atoms with E-state index in [-0.39, 0.29) is 0 Å². The maximum absolute atomic E-state index is 5.92. The predicted molar refractivity (Wildman–Crippen MR) is 81.8 cm³/mol. The Kier molecular flexibility index (Phi) is 5.87. The second kappa shape index (κ2) is 7.66. The fourth-order valence-corrected chi connectivity index (χ4v) is 3.65. The highest BCUT2D eigenvalue weighted by atomic mass is 15.2. The molecule has 3 N–H and O–H groups in total. The first-order valence-electron chi connectivity index (χ1n) is 7.88. The van der Waals surface area contributed by atoms with E-state index in [9.17, 15) is 0 Å². The van der Waals surface area contributed by atoms with Crippen LogP contribution in [0.3, 0.4) is 0 Å². The maximum Gasteiger partial charge on any atom is 0.0307 e. The van der Waals surface area contributed by atoms with Crippen molar-refractivity contribution in [3.63, 3.8) is 0 Å². The Morgan fingerprint density at radius 3 is 2.26 bits per heavy atom. The zero-order chi connectivity index (χ0) is 13.5. The van der Waals surface area contributed by atoms with Gasteiger partial charge in [0.2, 0.25) is 0 Å². The molecule has 0 aliphatic heterocycles. The van der Waals surface area contributed by atoms with Gasteiger partial charge < -0.3 is 0 Å². The van der Waals surface area contributed by atoms with Gasteiger partial charge >= 0.3 is 0 Å². The Morgan fingerprint density at radius 2 is 1.74 bits per heavy atom. The monoisotopic (exact) mass is 260 g/mol. The van der Waals surface area contributed by atoms with E-state index in [2.05, 4.69) is 42.7 Å². The fourth-order valence-electron chi connectivity index (χ4n) is 3.65. The van der Waals surface area contributed by atoms with Crippen LogP contribution in [0.25, 0.3) is 0 Å². The van der Waals surface area contributed by atoms with Crippen molar-refractivity contribution in [2.45, 2.75) is 63.8 Å². The van der Waals surface area contributed by atoms with Gasteiger partial charge in [-0.1, -0.05) is 62.9 Å². The van der Waals surface area contributed by atoms with Gasteiger partial charge in [-0.2, -0.15) is 0 Å². The number of hydrogen-bond acceptors (Lipinski definition) is 2. The molecule has 1 aromatic carbocycles. The Balaban J connectivity index is 2.13. The topological polar surface area (TPSA) is 38.0 Å². The molecule has 2 unspecified atom stereocenters. The van der Waals surface area contributed by atoms with Gasteiger partial charge in [-0.3, -0.25) is 11.3 Å². The molecule has 1 aromatic rings. The summed E-state index contributed by atoms with van der Waals surface area (Å²) in [6.07, 6.45) is 9.35. The summed E-state index contributed by atoms with van der Waals surface area (Å²) in [5.41, 5.74) is 4.58. The lowest BCUT2D eigenvalue weighted by Crippen LogP contribution is -2.45. The van der Waals surface area contributed by atoms with Crippen molar-refractivity contribution in [3.8, 4) is 0 Å². The van der Waals surface area contributed by atoms with Crippen molar-refractivity contribution in [2.75, 3.05) is 0 Å². The summed E-state index contributed by atoms with van der Waals surface area (Å²) in [5, 5.41) is 0. The molecular weight excluding hydrogens is 232 g/mol. The highest BCUT2D eigenvalue weighted by molar-refractivity contribution is 5.21. The molecule has 1 saturated carbocycles. The van der Waals surface area contributed by atoms with Gasteiger partial charge in [0.15, 0.2) is 0 Å². The van der Waals surface area contributed by atoms with Crippen molar-refractivity contribution in [3.05, 3.63) is 35.9 Å². The SMILES string of the molecule is CCC(c1ccccc1)C(NN)C1CCCCCC1. The van der Waals surface area contributed by atoms with E-state index < -0.39 is 0 Å². The maximum atomic E-state index is 5.92. The largest absolute Gasteiger partial charge is 0.271 e. The average molecular weight is 260 g/mol. The zero-order valence-corrected chi connectivity index (χ0v) is 12.1. The van der Waals surface area contributed by atoms with Crippen molar-refractivity contribution in [1.29, 1.82) is 0 Å². The Hall–Kier alpha value is -0.860. The molecule has 0 spiro atoms. The molecule has 19 heavy (non-hydrogen) atoms. The quantitative estimate of drug-likeness (QED) is 0.477. The standard InChI is InChI=1S/C17H28N2/c1-2-16(14-10-8-5-9-11-14)17(19-18)15-12-6-3-4-7-13-15/h5,8-11,15-17,19H,2-4,6-7,12-13,18H2,1H3. The normalized spacial score (nSPS) is 20.7. The minimum absolute atomic E-state index is 0.422. The fraction of sp³-hybridized carbons (Fsp3) is 0.647. The smallest absolute Gasteiger partial charge is 0.0307 e. The lowest BCUT2D eigenvalue weighted by atomic mass is 9.79. The van der Waals surface area contributed by atoms with E-state index in [1.807, 2.05) is 0 Å². The van der Waals surface area contributed by atoms with Gasteiger partial charge in [-0.25, -0.2) is 0 Å². The van der Waals surface area contributed by atoms with Gasteiger partial charge in [0, 0.05) is 12.0 Å². The molecule has 106 valence electrons. The Morgan fingerprint density at radius 1 is 1.11 bits per heavy atom. The highest BCUT2D eigenvalue weighted by Crippen LogP contribution is 2.34. The van der Waals surface area contributed by atoms with E-state index in [0.29, 0.717) is 12.0 Å². The van der Waals surface area contributed by atoms with Crippen LogP contribution >= 0.6 is 0 Å². The third kappa shape index (κ3) is 3.80. The summed E-state index contributed by atoms with van der Waals surface area (Å²) >= 11 is 0. The third-order valence-electron chi connectivity index (χ3n) is 4.70. The summed E-state index contributed by atoms with van der Waals surface area (Å²) in [6.45, 7) is 2.28. The predicted octanol–water partition coefficient (Wildman–Crippen LogP) is 3.98. The molecule has 0 aromatic heterocycles. The first-order chi connectivity index (χ1) is 9.36. The Bertz CT molecular complexity index is 342. The van der Waals surface area contributed by atoms with Crippen molar-refractivity contribution < 1.29 is 0 Å². The number of hydrogen-bond donors (Lipinski definition) is 2. The lowest BCUT2D eigenvalue weighted by Gasteiger charge is -2.33. The summed E-state index contributed by atoms with van der Waals surface area (Å²) in [7, 11) is 0. The first-order valence-corrected chi connectivity index (χ1v) is 7.88. The number of rotatable bonds is 5. The highest BCUT2D eigenvalue weighted by Gasteiger charge is 2.28. The Labute approximate surface area is 117 Å². The lowest BCUT2D eigenvalue weighted by molar-refractivity contribution is 0.277. The van der Waals surface area contributed by atoms with Crippen LogP contribution in [0.15, 0.2) is 30.3 Å². The summed E-state index contributed by atoms with van der Waals surface area (Å²) in [6, 6.07) is 11.3. The molecule has 0 amide bonds. The van der Waals surface area contributed by atoms with E-state index >= 15 is 0 Å². The molecule has 2 rings (SSSR count). The molecule has 2 atom stereocenters. The minimum atomic E-state index is 0.422. The van der Waals surface area contributed by atoms with Crippen LogP contribution in [-0.4, -0.2) is 6.04 Å². The zero-order valence-electron chi connectivity index (χ0n) is 12.1. The number of nitrogens with two attached hydrogens (primary N) is 1. The molecule has 1 fully saturated rings. The van der Waals surface area contributed by atoms with Crippen LogP contribution in [0.5, 0.6) is 0 Å². The third-order valence-corrected chi connectivity index (χ3v) is 4.70. The van der Waals surface area contributed by atoms with E-state index in [1.165, 1.54) is 44.1 Å². The van der Waals surface area contributed by atoms with Gasteiger partial charge in [-0.15, -0.1) is 0 Å². The molecule has 1 aliphatic carbocycles. The minimum Gasteiger partial charge on any atom is -0.271 e. The average Bonchev–Trinajstić information content (AvgIpc) is 2.74. The molecule has 2 heteroatoms. The van der Waals surface area contributed by atoms with Crippen LogP contribution in [-0.2, 0) is 0 Å². The molecule has 1 aliphatic rings. The first kappa shape index (κ1) is 14.5. The van der Waals surface area contributed by atoms with Gasteiger partial charge in [0.05, 0.1) is 0 Å². The van der Waals surface area contributed by atoms with Crippen molar-refractivity contribution in [1.82, 2.24) is 5.43 Å². The molecule has 2 nitrogen and oxygen atoms in total. The van der Waals surface area contributed by atoms with Crippen LogP contribution in [0.2, 0.25) is 0 Å². The van der Waals surface area contributed by atoms with Crippen molar-refractivity contribution >= 4 is 0 Å². The molecular formula is C17H28N2. The molecule has 0 radical (unpaired) electrons. The van der Waals surface area contributed by atoms with Crippen LogP contribution in [0, 0.1) is 5.92 Å². The van der Waals surface area contributed by atoms with E-state index in [0.717, 1.165) is 12.3 Å². The van der Waals surface area contributed by atoms with E-state index in [1.54, 1.807) is 0 Å². The molecule has 0 saturated heterocycles. The van der Waals surface area contributed by atoms with Gasteiger partial charge in [0.25, 0.3) is 0 Å². The van der Waals surface area contributed by atoms with Crippen LogP contribution in [0.1, 0.15) is 63.4 Å². The number of hydrazine groups is 1. The molecule has 0 bridgehead atoms. The second-order valence-electron chi connectivity index (χ2n) is 5.87. The summed E-state index contributed by atoms with van der Waals surface area (Å²) in [4.78, 5) is 0. The number of nitrogens with one attached hydrogen (secondary N) is 1. The molecule has 0 heterocycles. The van der Waals surface area contributed by atoms with Crippen LogP contribution < -0.4 is 11.3 Å².